The van der Waals surface area contributed by atoms with Crippen LogP contribution in [0.25, 0.3) is 0 Å². The van der Waals surface area contributed by atoms with Crippen molar-refractivity contribution in [3.63, 3.8) is 0 Å². The van der Waals surface area contributed by atoms with Gasteiger partial charge in [-0.3, -0.25) is 9.59 Å². The number of amides is 2. The lowest BCUT2D eigenvalue weighted by Crippen LogP contribution is -2.23. The lowest BCUT2D eigenvalue weighted by atomic mass is 10.1. The van der Waals surface area contributed by atoms with Gasteiger partial charge in [0.25, 0.3) is 11.8 Å². The van der Waals surface area contributed by atoms with Crippen LogP contribution in [0.4, 0.5) is 5.69 Å². The van der Waals surface area contributed by atoms with Gasteiger partial charge in [0.1, 0.15) is 11.8 Å². The van der Waals surface area contributed by atoms with E-state index in [1.54, 1.807) is 30.3 Å². The average Bonchev–Trinajstić information content (AvgIpc) is 2.53. The summed E-state index contributed by atoms with van der Waals surface area (Å²) < 4.78 is 5.31. The Morgan fingerprint density at radius 1 is 1.22 bits per heavy atom. The van der Waals surface area contributed by atoms with Crippen LogP contribution in [0.3, 0.4) is 0 Å². The molecule has 2 rings (SSSR count). The Morgan fingerprint density at radius 3 is 2.65 bits per heavy atom. The molecule has 0 radical (unpaired) electrons. The quantitative estimate of drug-likeness (QED) is 0.878. The minimum atomic E-state index is -0.748. The molecule has 7 heteroatoms. The Kier molecular flexibility index (Phi) is 5.18. The maximum Gasteiger partial charge on any atom is 0.262 e. The standard InChI is InChI=1S/C16H12ClN3O3/c17-11-5-3-6-12(15(11)16(19)22)20-14(21)9-23-13-7-2-1-4-10(13)8-18/h1-7H,9H2,(H2,19,22)(H,20,21). The van der Waals surface area contributed by atoms with Crippen LogP contribution in [0.5, 0.6) is 5.75 Å². The Hall–Kier alpha value is -3.04. The zero-order chi connectivity index (χ0) is 16.8. The van der Waals surface area contributed by atoms with Crippen molar-refractivity contribution in [3.05, 3.63) is 58.6 Å². The van der Waals surface area contributed by atoms with Crippen molar-refractivity contribution in [1.29, 1.82) is 5.26 Å². The highest BCUT2D eigenvalue weighted by Gasteiger charge is 2.15. The molecule has 0 saturated heterocycles. The van der Waals surface area contributed by atoms with E-state index in [4.69, 9.17) is 27.3 Å². The van der Waals surface area contributed by atoms with Gasteiger partial charge in [-0.1, -0.05) is 29.8 Å². The number of carbonyl (C=O) groups is 2. The van der Waals surface area contributed by atoms with Gasteiger partial charge in [-0.15, -0.1) is 0 Å². The molecule has 116 valence electrons. The number of carbonyl (C=O) groups excluding carboxylic acids is 2. The van der Waals surface area contributed by atoms with Crippen molar-refractivity contribution < 1.29 is 14.3 Å². The highest BCUT2D eigenvalue weighted by atomic mass is 35.5. The predicted octanol–water partition coefficient (Wildman–Crippen LogP) is 2.33. The summed E-state index contributed by atoms with van der Waals surface area (Å²) in [6.45, 7) is -0.330. The number of primary amides is 1. The highest BCUT2D eigenvalue weighted by molar-refractivity contribution is 6.34. The number of nitrogens with two attached hydrogens (primary N) is 1. The summed E-state index contributed by atoms with van der Waals surface area (Å²) in [5.41, 5.74) is 5.80. The van der Waals surface area contributed by atoms with Crippen LogP contribution < -0.4 is 15.8 Å². The SMILES string of the molecule is N#Cc1ccccc1OCC(=O)Nc1cccc(Cl)c1C(N)=O. The van der Waals surface area contributed by atoms with E-state index in [0.29, 0.717) is 11.3 Å². The van der Waals surface area contributed by atoms with Gasteiger partial charge >= 0.3 is 0 Å². The van der Waals surface area contributed by atoms with Crippen molar-refractivity contribution >= 4 is 29.1 Å². The number of rotatable bonds is 5. The third-order valence-electron chi connectivity index (χ3n) is 2.90. The van der Waals surface area contributed by atoms with E-state index < -0.39 is 11.8 Å². The molecule has 2 aromatic carbocycles. The molecule has 0 atom stereocenters. The fourth-order valence-corrected chi connectivity index (χ4v) is 2.16. The number of hydrogen-bond acceptors (Lipinski definition) is 4. The highest BCUT2D eigenvalue weighted by Crippen LogP contribution is 2.24. The number of halogens is 1. The first-order valence-electron chi connectivity index (χ1n) is 6.53. The van der Waals surface area contributed by atoms with Crippen LogP contribution in [0.15, 0.2) is 42.5 Å². The third-order valence-corrected chi connectivity index (χ3v) is 3.22. The molecule has 0 fully saturated rings. The van der Waals surface area contributed by atoms with Gasteiger partial charge < -0.3 is 15.8 Å². The molecule has 0 aromatic heterocycles. The van der Waals surface area contributed by atoms with E-state index in [-0.39, 0.29) is 22.9 Å². The Balaban J connectivity index is 2.08. The molecule has 0 saturated carbocycles. The molecule has 0 spiro atoms. The second-order valence-electron chi connectivity index (χ2n) is 4.47. The van der Waals surface area contributed by atoms with Gasteiger partial charge in [0.2, 0.25) is 0 Å². The molecule has 0 bridgehead atoms. The first-order chi connectivity index (χ1) is 11.0. The van der Waals surface area contributed by atoms with Crippen molar-refractivity contribution in [2.45, 2.75) is 0 Å². The van der Waals surface area contributed by atoms with E-state index in [0.717, 1.165) is 0 Å². The second-order valence-corrected chi connectivity index (χ2v) is 4.88. The maximum absolute atomic E-state index is 12.0. The lowest BCUT2D eigenvalue weighted by Gasteiger charge is -2.11. The molecular weight excluding hydrogens is 318 g/mol. The van der Waals surface area contributed by atoms with Crippen molar-refractivity contribution in [3.8, 4) is 11.8 Å². The monoisotopic (exact) mass is 329 g/mol. The Bertz CT molecular complexity index is 799. The van der Waals surface area contributed by atoms with Crippen LogP contribution in [-0.2, 0) is 4.79 Å². The molecule has 23 heavy (non-hydrogen) atoms. The van der Waals surface area contributed by atoms with Crippen LogP contribution in [0, 0.1) is 11.3 Å². The maximum atomic E-state index is 12.0. The van der Waals surface area contributed by atoms with Gasteiger partial charge in [-0.2, -0.15) is 5.26 Å². The molecule has 3 N–H and O–H groups in total. The van der Waals surface area contributed by atoms with E-state index >= 15 is 0 Å². The average molecular weight is 330 g/mol. The Labute approximate surface area is 137 Å². The fourth-order valence-electron chi connectivity index (χ4n) is 1.89. The van der Waals surface area contributed by atoms with Gasteiger partial charge in [0.15, 0.2) is 6.61 Å². The van der Waals surface area contributed by atoms with Gasteiger partial charge in [0, 0.05) is 0 Å². The van der Waals surface area contributed by atoms with Crippen LogP contribution in [0.1, 0.15) is 15.9 Å². The molecule has 2 aromatic rings. The zero-order valence-corrected chi connectivity index (χ0v) is 12.6. The fraction of sp³-hybridized carbons (Fsp3) is 0.0625. The smallest absolute Gasteiger partial charge is 0.262 e. The van der Waals surface area contributed by atoms with Crippen molar-refractivity contribution in [2.75, 3.05) is 11.9 Å². The summed E-state index contributed by atoms with van der Waals surface area (Å²) in [5.74, 6) is -0.962. The van der Waals surface area contributed by atoms with E-state index in [1.165, 1.54) is 12.1 Å². The number of nitrogens with one attached hydrogen (secondary N) is 1. The number of ether oxygens (including phenoxy) is 1. The molecule has 0 heterocycles. The molecule has 0 aliphatic heterocycles. The molecule has 0 aliphatic carbocycles. The summed E-state index contributed by atoms with van der Waals surface area (Å²) in [7, 11) is 0. The number of hydrogen-bond donors (Lipinski definition) is 2. The summed E-state index contributed by atoms with van der Waals surface area (Å²) in [5, 5.41) is 11.6. The molecular formula is C16H12ClN3O3. The molecule has 6 nitrogen and oxygen atoms in total. The van der Waals surface area contributed by atoms with Crippen LogP contribution >= 0.6 is 11.6 Å². The zero-order valence-electron chi connectivity index (χ0n) is 11.9. The number of benzene rings is 2. The molecule has 0 aliphatic rings. The number of anilines is 1. The summed E-state index contributed by atoms with van der Waals surface area (Å²) in [6.07, 6.45) is 0. The second kappa shape index (κ2) is 7.29. The van der Waals surface area contributed by atoms with Gasteiger partial charge in [0.05, 0.1) is 21.8 Å². The normalized spacial score (nSPS) is 9.74. The first kappa shape index (κ1) is 16.3. The summed E-state index contributed by atoms with van der Waals surface area (Å²) >= 11 is 5.90. The van der Waals surface area contributed by atoms with Crippen LogP contribution in [0.2, 0.25) is 5.02 Å². The van der Waals surface area contributed by atoms with Crippen molar-refractivity contribution in [2.24, 2.45) is 5.73 Å². The van der Waals surface area contributed by atoms with E-state index in [2.05, 4.69) is 5.32 Å². The van der Waals surface area contributed by atoms with Crippen LogP contribution in [-0.4, -0.2) is 18.4 Å². The number of para-hydroxylation sites is 1. The predicted molar refractivity (Wildman–Crippen MR) is 85.3 cm³/mol. The van der Waals surface area contributed by atoms with Crippen molar-refractivity contribution in [1.82, 2.24) is 0 Å². The minimum Gasteiger partial charge on any atom is -0.482 e. The topological polar surface area (TPSA) is 105 Å². The summed E-state index contributed by atoms with van der Waals surface area (Å²) in [4.78, 5) is 23.4. The number of nitrogens with zero attached hydrogens (tertiary/aromatic N) is 1. The third kappa shape index (κ3) is 3.99. The summed E-state index contributed by atoms with van der Waals surface area (Å²) in [6, 6.07) is 13.1. The molecule has 2 amide bonds. The Morgan fingerprint density at radius 2 is 1.96 bits per heavy atom. The molecule has 0 unspecified atom stereocenters. The number of nitriles is 1. The van der Waals surface area contributed by atoms with Gasteiger partial charge in [-0.25, -0.2) is 0 Å². The largest absolute Gasteiger partial charge is 0.482 e. The minimum absolute atomic E-state index is 0.0277. The van der Waals surface area contributed by atoms with E-state index in [9.17, 15) is 9.59 Å². The van der Waals surface area contributed by atoms with E-state index in [1.807, 2.05) is 6.07 Å². The lowest BCUT2D eigenvalue weighted by molar-refractivity contribution is -0.118. The first-order valence-corrected chi connectivity index (χ1v) is 6.91. The van der Waals surface area contributed by atoms with Gasteiger partial charge in [-0.05, 0) is 24.3 Å².